The van der Waals surface area contributed by atoms with E-state index in [1.54, 1.807) is 0 Å². The quantitative estimate of drug-likeness (QED) is 0.329. The fourth-order valence-corrected chi connectivity index (χ4v) is 5.88. The Morgan fingerprint density at radius 2 is 1.42 bits per heavy atom. The Hall–Kier alpha value is -5.90. The zero-order chi connectivity index (χ0) is 30.6. The predicted molar refractivity (Wildman–Crippen MR) is 185 cm³/mol. The first-order valence-corrected chi connectivity index (χ1v) is 15.5. The maximum atomic E-state index is 6.39. The number of para-hydroxylation sites is 2. The number of rotatable bonds is 2. The average molecular weight is 581 g/mol. The highest BCUT2D eigenvalue weighted by Crippen LogP contribution is 2.39. The van der Waals surface area contributed by atoms with Gasteiger partial charge in [0.2, 0.25) is 0 Å². The Morgan fingerprint density at radius 1 is 0.644 bits per heavy atom. The number of benzene rings is 2. The third kappa shape index (κ3) is 5.38. The fourth-order valence-electron chi connectivity index (χ4n) is 5.88. The lowest BCUT2D eigenvalue weighted by Gasteiger charge is -2.29. The SMILES string of the molecule is C1=C2/C=C\C(N3C/C=C\C=C/Cc4ccccc43)=C=CC=1C1=C(C=CC(N3C4=C=C(C=CC=C4)c4ccccc43)=C=C1)O2.CC. The first-order chi connectivity index (χ1) is 22.3. The van der Waals surface area contributed by atoms with E-state index in [4.69, 9.17) is 4.74 Å². The molecular weight excluding hydrogens is 548 g/mol. The van der Waals surface area contributed by atoms with Gasteiger partial charge in [0, 0.05) is 34.5 Å². The van der Waals surface area contributed by atoms with Crippen molar-refractivity contribution in [2.75, 3.05) is 16.3 Å². The number of anilines is 2. The molecule has 6 aliphatic rings. The molecule has 2 aromatic carbocycles. The summed E-state index contributed by atoms with van der Waals surface area (Å²) >= 11 is 0. The monoisotopic (exact) mass is 580 g/mol. The first kappa shape index (κ1) is 27.9. The Kier molecular flexibility index (Phi) is 7.67. The second kappa shape index (κ2) is 12.4. The van der Waals surface area contributed by atoms with E-state index in [0.717, 1.165) is 63.8 Å². The topological polar surface area (TPSA) is 15.7 Å². The van der Waals surface area contributed by atoms with E-state index < -0.39 is 0 Å². The fraction of sp³-hybridized carbons (Fsp3) is 0.0952. The van der Waals surface area contributed by atoms with E-state index in [-0.39, 0.29) is 0 Å². The van der Waals surface area contributed by atoms with E-state index in [9.17, 15) is 0 Å². The summed E-state index contributed by atoms with van der Waals surface area (Å²) in [6, 6.07) is 17.0. The molecule has 8 rings (SSSR count). The molecule has 0 radical (unpaired) electrons. The molecular formula is C42H32N2O. The Balaban J connectivity index is 0.00000160. The standard InChI is InChI=1S/C40H26N2O.C2H6/c1-2-10-26-41(38-16-8-5-12-29(38)11-3-1)32-19-18-31-28-35(23-20-32)43-40-25-22-33(21-24-37(31)40)42-34-14-6-4-13-30(27-34)36-15-7-9-17-39(36)42;1-2/h1-10,12-18,20,22-25H,11,26H2;1-2H3/b3-1-,10-2-,23-20-;. The van der Waals surface area contributed by atoms with Crippen LogP contribution in [0.25, 0.3) is 5.57 Å². The molecule has 3 heteroatoms. The van der Waals surface area contributed by atoms with Crippen molar-refractivity contribution < 1.29 is 4.74 Å². The number of allylic oxidation sites excluding steroid dienone is 12. The minimum Gasteiger partial charge on any atom is -0.448 e. The number of hydrogen-bond acceptors (Lipinski definition) is 3. The molecule has 3 heterocycles. The van der Waals surface area contributed by atoms with Crippen molar-refractivity contribution in [1.82, 2.24) is 0 Å². The smallest absolute Gasteiger partial charge is 0.170 e. The molecule has 0 N–H and O–H groups in total. The van der Waals surface area contributed by atoms with Gasteiger partial charge in [0.1, 0.15) is 5.76 Å². The molecule has 0 saturated carbocycles. The van der Waals surface area contributed by atoms with E-state index >= 15 is 0 Å². The van der Waals surface area contributed by atoms with Crippen LogP contribution in [0.5, 0.6) is 0 Å². The molecule has 3 nitrogen and oxygen atoms in total. The molecule has 3 aliphatic heterocycles. The third-order valence-corrected chi connectivity index (χ3v) is 7.94. The highest BCUT2D eigenvalue weighted by molar-refractivity contribution is 5.89. The summed E-state index contributed by atoms with van der Waals surface area (Å²) in [4.78, 5) is 4.49. The molecule has 0 spiro atoms. The number of nitrogens with zero attached hydrogens (tertiary/aromatic N) is 2. The van der Waals surface area contributed by atoms with Gasteiger partial charge in [-0.3, -0.25) is 4.90 Å². The van der Waals surface area contributed by atoms with E-state index in [0.29, 0.717) is 5.76 Å². The predicted octanol–water partition coefficient (Wildman–Crippen LogP) is 9.61. The summed E-state index contributed by atoms with van der Waals surface area (Å²) in [5.74, 6) is 1.42. The first-order valence-electron chi connectivity index (χ1n) is 15.5. The van der Waals surface area contributed by atoms with Gasteiger partial charge in [0.15, 0.2) is 5.76 Å². The summed E-state index contributed by atoms with van der Waals surface area (Å²) in [5.41, 5.74) is 24.6. The zero-order valence-corrected chi connectivity index (χ0v) is 25.4. The molecule has 0 atom stereocenters. The third-order valence-electron chi connectivity index (χ3n) is 7.94. The molecule has 0 saturated heterocycles. The van der Waals surface area contributed by atoms with Crippen LogP contribution in [0.3, 0.4) is 0 Å². The maximum Gasteiger partial charge on any atom is 0.170 e. The minimum atomic E-state index is 0.664. The highest BCUT2D eigenvalue weighted by atomic mass is 16.5. The lowest BCUT2D eigenvalue weighted by Crippen LogP contribution is -2.22. The molecule has 0 fully saturated rings. The van der Waals surface area contributed by atoms with Gasteiger partial charge in [-0.05, 0) is 72.7 Å². The van der Waals surface area contributed by atoms with Crippen LogP contribution < -0.4 is 9.80 Å². The molecule has 0 aromatic heterocycles. The van der Waals surface area contributed by atoms with Crippen molar-refractivity contribution >= 4 is 16.9 Å². The molecule has 0 unspecified atom stereocenters. The molecule has 4 bridgehead atoms. The van der Waals surface area contributed by atoms with Crippen LogP contribution in [0.15, 0.2) is 196 Å². The van der Waals surface area contributed by atoms with Crippen LogP contribution in [0.4, 0.5) is 11.4 Å². The highest BCUT2D eigenvalue weighted by Gasteiger charge is 2.25. The van der Waals surface area contributed by atoms with Crippen molar-refractivity contribution in [1.29, 1.82) is 0 Å². The molecule has 0 amide bonds. The Bertz CT molecular complexity index is 2090. The van der Waals surface area contributed by atoms with Gasteiger partial charge in [0.25, 0.3) is 0 Å². The number of hydrogen-bond donors (Lipinski definition) is 0. The largest absolute Gasteiger partial charge is 0.448 e. The van der Waals surface area contributed by atoms with Gasteiger partial charge in [-0.15, -0.1) is 0 Å². The van der Waals surface area contributed by atoms with E-state index in [1.165, 1.54) is 11.3 Å². The molecule has 2 aromatic rings. The minimum absolute atomic E-state index is 0.664. The van der Waals surface area contributed by atoms with Crippen LogP contribution >= 0.6 is 0 Å². The summed E-state index contributed by atoms with van der Waals surface area (Å²) in [6.07, 6.45) is 29.9. The number of fused-ring (bicyclic) bond motifs is 4. The van der Waals surface area contributed by atoms with Crippen molar-refractivity contribution in [3.8, 4) is 0 Å². The maximum absolute atomic E-state index is 6.39. The van der Waals surface area contributed by atoms with Crippen LogP contribution in [-0.2, 0) is 11.2 Å². The summed E-state index contributed by atoms with van der Waals surface area (Å²) in [7, 11) is 0. The zero-order valence-electron chi connectivity index (χ0n) is 25.4. The van der Waals surface area contributed by atoms with Gasteiger partial charge in [-0.2, -0.15) is 0 Å². The van der Waals surface area contributed by atoms with Gasteiger partial charge in [-0.1, -0.05) is 110 Å². The van der Waals surface area contributed by atoms with Crippen LogP contribution in [0.2, 0.25) is 0 Å². The van der Waals surface area contributed by atoms with Crippen LogP contribution in [0, 0.1) is 0 Å². The van der Waals surface area contributed by atoms with Crippen LogP contribution in [0.1, 0.15) is 25.0 Å². The second-order valence-electron chi connectivity index (χ2n) is 10.6. The Morgan fingerprint density at radius 3 is 2.36 bits per heavy atom. The van der Waals surface area contributed by atoms with Crippen molar-refractivity contribution in [3.63, 3.8) is 0 Å². The van der Waals surface area contributed by atoms with Gasteiger partial charge < -0.3 is 9.64 Å². The van der Waals surface area contributed by atoms with Crippen LogP contribution in [-0.4, -0.2) is 6.54 Å². The van der Waals surface area contributed by atoms with Crippen molar-refractivity contribution in [2.45, 2.75) is 20.3 Å². The van der Waals surface area contributed by atoms with Crippen molar-refractivity contribution in [3.05, 3.63) is 207 Å². The van der Waals surface area contributed by atoms with E-state index in [1.807, 2.05) is 38.2 Å². The molecule has 216 valence electrons. The second-order valence-corrected chi connectivity index (χ2v) is 10.6. The van der Waals surface area contributed by atoms with Gasteiger partial charge >= 0.3 is 0 Å². The Labute approximate surface area is 265 Å². The van der Waals surface area contributed by atoms with Gasteiger partial charge in [0.05, 0.1) is 22.8 Å². The molecule has 3 aliphatic carbocycles. The van der Waals surface area contributed by atoms with Crippen molar-refractivity contribution in [2.24, 2.45) is 0 Å². The number of ether oxygens (including phenoxy) is 1. The lowest BCUT2D eigenvalue weighted by atomic mass is 9.99. The molecule has 45 heavy (non-hydrogen) atoms. The summed E-state index contributed by atoms with van der Waals surface area (Å²) < 4.78 is 6.39. The summed E-state index contributed by atoms with van der Waals surface area (Å²) in [6.45, 7) is 4.73. The lowest BCUT2D eigenvalue weighted by molar-refractivity contribution is 0.331. The normalized spacial score (nSPS) is 20.4. The summed E-state index contributed by atoms with van der Waals surface area (Å²) in [5, 5.41) is 0. The van der Waals surface area contributed by atoms with E-state index in [2.05, 4.69) is 142 Å². The van der Waals surface area contributed by atoms with Gasteiger partial charge in [-0.25, -0.2) is 0 Å². The average Bonchev–Trinajstić information content (AvgIpc) is 3.38.